The van der Waals surface area contributed by atoms with Gasteiger partial charge < -0.3 is 5.11 Å². The van der Waals surface area contributed by atoms with E-state index in [1.807, 2.05) is 27.7 Å². The molecule has 0 amide bonds. The van der Waals surface area contributed by atoms with Crippen LogP contribution >= 0.6 is 0 Å². The maximum atomic E-state index is 11.3. The number of hydrogen-bond donors (Lipinski definition) is 1. The van der Waals surface area contributed by atoms with Crippen LogP contribution in [0.5, 0.6) is 0 Å². The molecule has 0 aliphatic carbocycles. The Bertz CT molecular complexity index is 224. The molecule has 0 rings (SSSR count). The number of alkyl halides is 3. The van der Waals surface area contributed by atoms with E-state index in [-0.39, 0.29) is 13.2 Å². The van der Waals surface area contributed by atoms with Crippen molar-refractivity contribution >= 4 is 5.97 Å². The molecule has 7 heteroatoms. The minimum atomic E-state index is -4.45. The molecule has 0 heterocycles. The summed E-state index contributed by atoms with van der Waals surface area (Å²) in [5, 5.41) is 8.27. The highest BCUT2D eigenvalue weighted by Crippen LogP contribution is 2.16. The molecular weight excluding hydrogens is 287 g/mol. The average Bonchev–Trinajstić information content (AvgIpc) is 2.36. The van der Waals surface area contributed by atoms with E-state index >= 15 is 0 Å². The van der Waals surface area contributed by atoms with Gasteiger partial charge in [0.1, 0.15) is 0 Å². The SMILES string of the molecule is CC.CCCCCOC(F)(F)F.CCCN(C)CC(=O)O. The van der Waals surface area contributed by atoms with Gasteiger partial charge >= 0.3 is 12.3 Å². The summed E-state index contributed by atoms with van der Waals surface area (Å²) >= 11 is 0. The number of rotatable bonds is 8. The molecular formula is C14H30F3NO3. The second-order valence-electron chi connectivity index (χ2n) is 4.13. The summed E-state index contributed by atoms with van der Waals surface area (Å²) in [6, 6.07) is 0. The Kier molecular flexibility index (Phi) is 20.6. The minimum absolute atomic E-state index is 0.147. The topological polar surface area (TPSA) is 49.8 Å². The average molecular weight is 317 g/mol. The van der Waals surface area contributed by atoms with Gasteiger partial charge in [0.05, 0.1) is 13.2 Å². The lowest BCUT2D eigenvalue weighted by Gasteiger charge is -2.10. The van der Waals surface area contributed by atoms with Gasteiger partial charge in [-0.25, -0.2) is 0 Å². The van der Waals surface area contributed by atoms with Gasteiger partial charge in [-0.15, -0.1) is 13.2 Å². The Hall–Kier alpha value is -0.820. The molecule has 0 aromatic carbocycles. The molecule has 0 unspecified atom stereocenters. The zero-order valence-corrected chi connectivity index (χ0v) is 13.8. The first-order valence-corrected chi connectivity index (χ1v) is 7.33. The van der Waals surface area contributed by atoms with E-state index < -0.39 is 12.3 Å². The van der Waals surface area contributed by atoms with Crippen molar-refractivity contribution < 1.29 is 27.8 Å². The van der Waals surface area contributed by atoms with Gasteiger partial charge in [0.15, 0.2) is 0 Å². The highest BCUT2D eigenvalue weighted by atomic mass is 19.4. The van der Waals surface area contributed by atoms with Crippen LogP contribution in [0.2, 0.25) is 0 Å². The predicted octanol–water partition coefficient (Wildman–Crippen LogP) is 4.15. The lowest BCUT2D eigenvalue weighted by atomic mass is 10.3. The van der Waals surface area contributed by atoms with Crippen LogP contribution in [-0.4, -0.2) is 49.1 Å². The third-order valence-electron chi connectivity index (χ3n) is 2.02. The molecule has 4 nitrogen and oxygen atoms in total. The molecule has 0 saturated heterocycles. The molecule has 130 valence electrons. The zero-order chi connectivity index (χ0) is 17.3. The van der Waals surface area contributed by atoms with E-state index in [1.165, 1.54) is 0 Å². The number of nitrogens with zero attached hydrogens (tertiary/aromatic N) is 1. The Morgan fingerprint density at radius 2 is 1.67 bits per heavy atom. The van der Waals surface area contributed by atoms with Crippen LogP contribution in [0, 0.1) is 0 Å². The molecule has 0 aromatic heterocycles. The first-order chi connectivity index (χ1) is 9.72. The van der Waals surface area contributed by atoms with E-state index in [1.54, 1.807) is 11.9 Å². The normalized spacial score (nSPS) is 10.3. The second kappa shape index (κ2) is 17.2. The number of hydrogen-bond acceptors (Lipinski definition) is 3. The van der Waals surface area contributed by atoms with Crippen molar-refractivity contribution in [3.8, 4) is 0 Å². The highest BCUT2D eigenvalue weighted by molar-refractivity contribution is 5.68. The minimum Gasteiger partial charge on any atom is -0.480 e. The number of aliphatic carboxylic acids is 1. The first-order valence-electron chi connectivity index (χ1n) is 7.33. The van der Waals surface area contributed by atoms with Gasteiger partial charge in [-0.2, -0.15) is 0 Å². The molecule has 21 heavy (non-hydrogen) atoms. The summed E-state index contributed by atoms with van der Waals surface area (Å²) in [7, 11) is 1.80. The van der Waals surface area contributed by atoms with Crippen LogP contribution < -0.4 is 0 Å². The van der Waals surface area contributed by atoms with Crippen molar-refractivity contribution in [2.24, 2.45) is 0 Å². The number of halogens is 3. The maximum absolute atomic E-state index is 11.3. The summed E-state index contributed by atoms with van der Waals surface area (Å²) in [5.74, 6) is -0.758. The van der Waals surface area contributed by atoms with Crippen molar-refractivity contribution in [3.05, 3.63) is 0 Å². The fourth-order valence-electron chi connectivity index (χ4n) is 1.23. The van der Waals surface area contributed by atoms with E-state index in [9.17, 15) is 18.0 Å². The standard InChI is InChI=1S/C6H11F3O.C6H13NO2.C2H6/c1-2-3-4-5-10-6(7,8)9;1-3-4-7(2)5-6(8)9;1-2/h2-5H2,1H3;3-5H2,1-2H3,(H,8,9);1-2H3. The smallest absolute Gasteiger partial charge is 0.480 e. The molecule has 0 fully saturated rings. The molecule has 0 radical (unpaired) electrons. The number of carboxylic acid groups (broad SMARTS) is 1. The molecule has 1 N–H and O–H groups in total. The van der Waals surface area contributed by atoms with Gasteiger partial charge in [-0.05, 0) is 26.4 Å². The number of unbranched alkanes of at least 4 members (excludes halogenated alkanes) is 2. The van der Waals surface area contributed by atoms with Crippen LogP contribution in [0.3, 0.4) is 0 Å². The van der Waals surface area contributed by atoms with E-state index in [2.05, 4.69) is 4.74 Å². The van der Waals surface area contributed by atoms with Crippen LogP contribution in [0.1, 0.15) is 53.4 Å². The van der Waals surface area contributed by atoms with Crippen molar-refractivity contribution in [1.82, 2.24) is 4.90 Å². The third-order valence-corrected chi connectivity index (χ3v) is 2.02. The highest BCUT2D eigenvalue weighted by Gasteiger charge is 2.28. The molecule has 0 bridgehead atoms. The fraction of sp³-hybridized carbons (Fsp3) is 0.929. The van der Waals surface area contributed by atoms with Gasteiger partial charge in [0.25, 0.3) is 0 Å². The summed E-state index contributed by atoms with van der Waals surface area (Å²) in [5.41, 5.74) is 0. The van der Waals surface area contributed by atoms with Gasteiger partial charge in [0, 0.05) is 0 Å². The summed E-state index contributed by atoms with van der Waals surface area (Å²) in [4.78, 5) is 11.8. The molecule has 0 spiro atoms. The Balaban J connectivity index is -0.000000277. The predicted molar refractivity (Wildman–Crippen MR) is 78.3 cm³/mol. The molecule has 0 aliphatic heterocycles. The van der Waals surface area contributed by atoms with E-state index in [4.69, 9.17) is 5.11 Å². The van der Waals surface area contributed by atoms with E-state index in [0.29, 0.717) is 6.42 Å². The van der Waals surface area contributed by atoms with Crippen molar-refractivity contribution in [3.63, 3.8) is 0 Å². The number of carboxylic acids is 1. The second-order valence-corrected chi connectivity index (χ2v) is 4.13. The van der Waals surface area contributed by atoms with Gasteiger partial charge in [-0.1, -0.05) is 40.5 Å². The van der Waals surface area contributed by atoms with E-state index in [0.717, 1.165) is 25.8 Å². The molecule has 0 atom stereocenters. The lowest BCUT2D eigenvalue weighted by Crippen LogP contribution is -2.26. The summed E-state index contributed by atoms with van der Waals surface area (Å²) < 4.78 is 37.3. The van der Waals surface area contributed by atoms with Crippen LogP contribution in [0.4, 0.5) is 13.2 Å². The number of carbonyl (C=O) groups is 1. The lowest BCUT2D eigenvalue weighted by molar-refractivity contribution is -0.324. The van der Waals surface area contributed by atoms with Gasteiger partial charge in [-0.3, -0.25) is 14.4 Å². The van der Waals surface area contributed by atoms with Crippen molar-refractivity contribution in [2.45, 2.75) is 59.7 Å². The van der Waals surface area contributed by atoms with Crippen LogP contribution in [-0.2, 0) is 9.53 Å². The fourth-order valence-corrected chi connectivity index (χ4v) is 1.23. The Labute approximate surface area is 126 Å². The zero-order valence-electron chi connectivity index (χ0n) is 13.8. The maximum Gasteiger partial charge on any atom is 0.522 e. The van der Waals surface area contributed by atoms with Crippen molar-refractivity contribution in [1.29, 1.82) is 0 Å². The number of likely N-dealkylation sites (N-methyl/N-ethyl adjacent to an activating group) is 1. The Morgan fingerprint density at radius 3 is 2.00 bits per heavy atom. The number of ether oxygens (including phenoxy) is 1. The molecule has 0 aliphatic rings. The molecule has 0 aromatic rings. The summed E-state index contributed by atoms with van der Waals surface area (Å²) in [6.45, 7) is 8.74. The first kappa shape index (κ1) is 25.2. The summed E-state index contributed by atoms with van der Waals surface area (Å²) in [6.07, 6.45) is -1.27. The van der Waals surface area contributed by atoms with Crippen molar-refractivity contribution in [2.75, 3.05) is 26.7 Å². The molecule has 0 saturated carbocycles. The van der Waals surface area contributed by atoms with Crippen LogP contribution in [0.15, 0.2) is 0 Å². The van der Waals surface area contributed by atoms with Gasteiger partial charge in [0.2, 0.25) is 0 Å². The largest absolute Gasteiger partial charge is 0.522 e. The van der Waals surface area contributed by atoms with Crippen LogP contribution in [0.25, 0.3) is 0 Å². The third kappa shape index (κ3) is 32.6. The monoisotopic (exact) mass is 317 g/mol. The quantitative estimate of drug-likeness (QED) is 0.683. The Morgan fingerprint density at radius 1 is 1.14 bits per heavy atom.